The molecular weight excluding hydrogens is 218 g/mol. The number of hydrogen-bond donors (Lipinski definition) is 3. The van der Waals surface area contributed by atoms with Gasteiger partial charge < -0.3 is 10.2 Å². The van der Waals surface area contributed by atoms with Crippen LogP contribution in [0.25, 0.3) is 0 Å². The highest BCUT2D eigenvalue weighted by atomic mass is 16.7. The first kappa shape index (κ1) is 12.2. The van der Waals surface area contributed by atoms with Crippen LogP contribution in [-0.4, -0.2) is 16.3 Å². The van der Waals surface area contributed by atoms with Gasteiger partial charge in [0, 0.05) is 0 Å². The van der Waals surface area contributed by atoms with E-state index < -0.39 is 0 Å². The summed E-state index contributed by atoms with van der Waals surface area (Å²) in [5.41, 5.74) is 3.38. The Balaban J connectivity index is 1.96. The summed E-state index contributed by atoms with van der Waals surface area (Å²) in [4.78, 5) is 5.56. The van der Waals surface area contributed by atoms with Crippen LogP contribution in [0.5, 0.6) is 11.5 Å². The molecule has 17 heavy (non-hydrogen) atoms. The average Bonchev–Trinajstić information content (AvgIpc) is 2.79. The van der Waals surface area contributed by atoms with Crippen molar-refractivity contribution in [3.8, 4) is 11.5 Å². The normalized spacial score (nSPS) is 18.4. The molecule has 1 fully saturated rings. The minimum absolute atomic E-state index is 0.0834. The van der Waals surface area contributed by atoms with Gasteiger partial charge in [0.2, 0.25) is 0 Å². The minimum atomic E-state index is -0.239. The van der Waals surface area contributed by atoms with Gasteiger partial charge in [0.25, 0.3) is 0 Å². The summed E-state index contributed by atoms with van der Waals surface area (Å²) in [5, 5.41) is 19.4. The summed E-state index contributed by atoms with van der Waals surface area (Å²) in [7, 11) is 0. The van der Waals surface area contributed by atoms with Crippen molar-refractivity contribution in [1.29, 1.82) is 0 Å². The first-order chi connectivity index (χ1) is 8.18. The Kier molecular flexibility index (Phi) is 3.86. The van der Waals surface area contributed by atoms with E-state index in [1.165, 1.54) is 12.8 Å². The molecule has 0 aliphatic heterocycles. The van der Waals surface area contributed by atoms with Gasteiger partial charge in [-0.1, -0.05) is 18.9 Å². The van der Waals surface area contributed by atoms with Gasteiger partial charge in [-0.3, -0.25) is 4.84 Å². The third-order valence-corrected chi connectivity index (χ3v) is 3.21. The number of hydrogen-bond acceptors (Lipinski definition) is 4. The van der Waals surface area contributed by atoms with Crippen LogP contribution >= 0.6 is 0 Å². The molecular formula is C13H19NO3. The van der Waals surface area contributed by atoms with E-state index in [1.54, 1.807) is 18.2 Å². The van der Waals surface area contributed by atoms with Gasteiger partial charge >= 0.3 is 0 Å². The highest BCUT2D eigenvalue weighted by molar-refractivity contribution is 5.44. The second kappa shape index (κ2) is 5.38. The van der Waals surface area contributed by atoms with E-state index in [9.17, 15) is 10.2 Å². The third kappa shape index (κ3) is 2.90. The fraction of sp³-hybridized carbons (Fsp3) is 0.538. The van der Waals surface area contributed by atoms with Crippen LogP contribution in [0, 0.1) is 0 Å². The zero-order chi connectivity index (χ0) is 12.3. The van der Waals surface area contributed by atoms with Crippen LogP contribution < -0.4 is 5.48 Å². The summed E-state index contributed by atoms with van der Waals surface area (Å²) < 4.78 is 0. The molecule has 0 heterocycles. The van der Waals surface area contributed by atoms with E-state index in [-0.39, 0.29) is 23.6 Å². The fourth-order valence-electron chi connectivity index (χ4n) is 2.25. The summed E-state index contributed by atoms with van der Waals surface area (Å²) in [6.07, 6.45) is 4.83. The molecule has 0 amide bonds. The molecule has 0 saturated heterocycles. The predicted molar refractivity (Wildman–Crippen MR) is 64.7 cm³/mol. The van der Waals surface area contributed by atoms with Gasteiger partial charge in [0.05, 0.1) is 17.7 Å². The summed E-state index contributed by atoms with van der Waals surface area (Å²) >= 11 is 0. The molecule has 1 atom stereocenters. The molecule has 1 unspecified atom stereocenters. The van der Waals surface area contributed by atoms with E-state index in [4.69, 9.17) is 4.84 Å². The lowest BCUT2D eigenvalue weighted by atomic mass is 10.1. The van der Waals surface area contributed by atoms with Crippen molar-refractivity contribution >= 4 is 0 Å². The molecule has 2 rings (SSSR count). The van der Waals surface area contributed by atoms with E-state index in [0.29, 0.717) is 5.56 Å². The quantitative estimate of drug-likeness (QED) is 0.704. The zero-order valence-electron chi connectivity index (χ0n) is 10.0. The molecule has 0 bridgehead atoms. The SMILES string of the molecule is CC(NOC1CCCC1)c1c(O)cccc1O. The van der Waals surface area contributed by atoms with E-state index >= 15 is 0 Å². The molecule has 1 saturated carbocycles. The van der Waals surface area contributed by atoms with Crippen molar-refractivity contribution in [2.24, 2.45) is 0 Å². The molecule has 1 aromatic carbocycles. The molecule has 0 aromatic heterocycles. The lowest BCUT2D eigenvalue weighted by Gasteiger charge is -2.19. The molecule has 0 spiro atoms. The summed E-state index contributed by atoms with van der Waals surface area (Å²) in [5.74, 6) is 0.167. The number of hydroxylamine groups is 1. The fourth-order valence-corrected chi connectivity index (χ4v) is 2.25. The largest absolute Gasteiger partial charge is 0.507 e. The van der Waals surface area contributed by atoms with Crippen molar-refractivity contribution in [2.45, 2.75) is 44.8 Å². The van der Waals surface area contributed by atoms with Crippen LogP contribution in [0.3, 0.4) is 0 Å². The molecule has 94 valence electrons. The Labute approximate surface area is 101 Å². The van der Waals surface area contributed by atoms with Crippen LogP contribution in [0.2, 0.25) is 0 Å². The smallest absolute Gasteiger partial charge is 0.124 e. The molecule has 1 aromatic rings. The van der Waals surface area contributed by atoms with Gasteiger partial charge in [-0.25, -0.2) is 0 Å². The number of phenolic OH excluding ortho intramolecular Hbond substituents is 2. The maximum atomic E-state index is 9.70. The maximum Gasteiger partial charge on any atom is 0.124 e. The van der Waals surface area contributed by atoms with Crippen LogP contribution in [0.15, 0.2) is 18.2 Å². The van der Waals surface area contributed by atoms with Crippen LogP contribution in [-0.2, 0) is 4.84 Å². The van der Waals surface area contributed by atoms with Gasteiger partial charge in [-0.05, 0) is 31.9 Å². The number of phenols is 2. The van der Waals surface area contributed by atoms with E-state index in [2.05, 4.69) is 5.48 Å². The molecule has 1 aliphatic carbocycles. The first-order valence-electron chi connectivity index (χ1n) is 6.10. The number of nitrogens with one attached hydrogen (secondary N) is 1. The van der Waals surface area contributed by atoms with Gasteiger partial charge in [-0.2, -0.15) is 5.48 Å². The molecule has 1 aliphatic rings. The third-order valence-electron chi connectivity index (χ3n) is 3.21. The standard InChI is InChI=1S/C13H19NO3/c1-9(14-17-10-5-2-3-6-10)13-11(15)7-4-8-12(13)16/h4,7-10,14-16H,2-3,5-6H2,1H3. The van der Waals surface area contributed by atoms with Gasteiger partial charge in [0.15, 0.2) is 0 Å². The van der Waals surface area contributed by atoms with Crippen molar-refractivity contribution in [1.82, 2.24) is 5.48 Å². The Hall–Kier alpha value is -1.26. The predicted octanol–water partition coefficient (Wildman–Crippen LogP) is 2.62. The Morgan fingerprint density at radius 1 is 1.24 bits per heavy atom. The average molecular weight is 237 g/mol. The van der Waals surface area contributed by atoms with E-state index in [0.717, 1.165) is 12.8 Å². The highest BCUT2D eigenvalue weighted by Crippen LogP contribution is 2.32. The second-order valence-electron chi connectivity index (χ2n) is 4.57. The monoisotopic (exact) mass is 237 g/mol. The molecule has 3 N–H and O–H groups in total. The molecule has 4 nitrogen and oxygen atoms in total. The highest BCUT2D eigenvalue weighted by Gasteiger charge is 2.19. The Bertz CT molecular complexity index is 355. The topological polar surface area (TPSA) is 61.7 Å². The number of rotatable bonds is 4. The lowest BCUT2D eigenvalue weighted by Crippen LogP contribution is -2.24. The van der Waals surface area contributed by atoms with Crippen molar-refractivity contribution < 1.29 is 15.1 Å². The lowest BCUT2D eigenvalue weighted by molar-refractivity contribution is -0.0383. The molecule has 0 radical (unpaired) electrons. The number of benzene rings is 1. The Morgan fingerprint density at radius 2 is 1.82 bits per heavy atom. The molecule has 4 heteroatoms. The summed E-state index contributed by atoms with van der Waals surface area (Å²) in [6, 6.07) is 4.49. The van der Waals surface area contributed by atoms with Crippen LogP contribution in [0.4, 0.5) is 0 Å². The van der Waals surface area contributed by atoms with E-state index in [1.807, 2.05) is 6.92 Å². The number of aromatic hydroxyl groups is 2. The minimum Gasteiger partial charge on any atom is -0.507 e. The summed E-state index contributed by atoms with van der Waals surface area (Å²) in [6.45, 7) is 1.85. The zero-order valence-corrected chi connectivity index (χ0v) is 10.0. The van der Waals surface area contributed by atoms with Gasteiger partial charge in [-0.15, -0.1) is 0 Å². The van der Waals surface area contributed by atoms with Crippen LogP contribution in [0.1, 0.15) is 44.2 Å². The second-order valence-corrected chi connectivity index (χ2v) is 4.57. The Morgan fingerprint density at radius 3 is 2.41 bits per heavy atom. The van der Waals surface area contributed by atoms with Gasteiger partial charge in [0.1, 0.15) is 11.5 Å². The van der Waals surface area contributed by atoms with Crippen molar-refractivity contribution in [3.63, 3.8) is 0 Å². The van der Waals surface area contributed by atoms with Crippen molar-refractivity contribution in [2.75, 3.05) is 0 Å². The van der Waals surface area contributed by atoms with Crippen molar-refractivity contribution in [3.05, 3.63) is 23.8 Å². The maximum absolute atomic E-state index is 9.70. The first-order valence-corrected chi connectivity index (χ1v) is 6.10.